The Hall–Kier alpha value is -2.40. The first-order chi connectivity index (χ1) is 11.3. The number of carbonyl (C=O) groups excluding carboxylic acids is 2. The first-order valence-corrected chi connectivity index (χ1v) is 7.79. The van der Waals surface area contributed by atoms with Crippen molar-refractivity contribution >= 4 is 29.1 Å². The quantitative estimate of drug-likeness (QED) is 0.894. The summed E-state index contributed by atoms with van der Waals surface area (Å²) < 4.78 is 12.9. The van der Waals surface area contributed by atoms with Crippen molar-refractivity contribution in [3.8, 4) is 0 Å². The second-order valence-electron chi connectivity index (χ2n) is 5.51. The fourth-order valence-electron chi connectivity index (χ4n) is 2.13. The molecule has 2 aromatic carbocycles. The normalized spacial score (nSPS) is 10.3. The summed E-state index contributed by atoms with van der Waals surface area (Å²) in [6.07, 6.45) is 0. The number of amides is 2. The topological polar surface area (TPSA) is 49.4 Å². The number of rotatable bonds is 5. The maximum atomic E-state index is 12.9. The molecule has 0 aromatic heterocycles. The average molecular weight is 349 g/mol. The molecule has 126 valence electrons. The van der Waals surface area contributed by atoms with E-state index in [0.29, 0.717) is 10.7 Å². The summed E-state index contributed by atoms with van der Waals surface area (Å²) in [5.74, 6) is -0.911. The number of nitrogens with zero attached hydrogens (tertiary/aromatic N) is 1. The van der Waals surface area contributed by atoms with Crippen molar-refractivity contribution in [2.24, 2.45) is 0 Å². The Labute approximate surface area is 145 Å². The van der Waals surface area contributed by atoms with E-state index in [4.69, 9.17) is 11.6 Å². The molecule has 2 rings (SSSR count). The zero-order valence-corrected chi connectivity index (χ0v) is 14.2. The third-order valence-electron chi connectivity index (χ3n) is 3.52. The van der Waals surface area contributed by atoms with Crippen molar-refractivity contribution in [2.45, 2.75) is 20.4 Å². The van der Waals surface area contributed by atoms with Gasteiger partial charge in [-0.15, -0.1) is 0 Å². The Morgan fingerprint density at radius 2 is 1.83 bits per heavy atom. The van der Waals surface area contributed by atoms with E-state index in [1.807, 2.05) is 6.92 Å². The number of hydrogen-bond donors (Lipinski definition) is 1. The first-order valence-electron chi connectivity index (χ1n) is 7.41. The fraction of sp³-hybridized carbons (Fsp3) is 0.222. The van der Waals surface area contributed by atoms with Gasteiger partial charge in [0.05, 0.1) is 0 Å². The van der Waals surface area contributed by atoms with Crippen LogP contribution in [0.2, 0.25) is 5.02 Å². The maximum absolute atomic E-state index is 12.9. The molecule has 0 saturated heterocycles. The van der Waals surface area contributed by atoms with Gasteiger partial charge in [-0.2, -0.15) is 0 Å². The summed E-state index contributed by atoms with van der Waals surface area (Å²) >= 11 is 6.03. The summed E-state index contributed by atoms with van der Waals surface area (Å²) in [7, 11) is 0. The average Bonchev–Trinajstić information content (AvgIpc) is 2.52. The van der Waals surface area contributed by atoms with E-state index in [9.17, 15) is 14.0 Å². The first kappa shape index (κ1) is 17.9. The summed E-state index contributed by atoms with van der Waals surface area (Å²) in [5.41, 5.74) is 2.23. The second-order valence-corrected chi connectivity index (χ2v) is 5.92. The molecular weight excluding hydrogens is 331 g/mol. The molecule has 1 N–H and O–H groups in total. The zero-order valence-electron chi connectivity index (χ0n) is 13.5. The van der Waals surface area contributed by atoms with E-state index in [1.165, 1.54) is 24.0 Å². The molecule has 24 heavy (non-hydrogen) atoms. The van der Waals surface area contributed by atoms with Crippen LogP contribution < -0.4 is 5.32 Å². The molecule has 2 amide bonds. The molecular formula is C18H18ClFN2O2. The highest BCUT2D eigenvalue weighted by Gasteiger charge is 2.14. The van der Waals surface area contributed by atoms with Gasteiger partial charge in [0, 0.05) is 24.2 Å². The van der Waals surface area contributed by atoms with Crippen molar-refractivity contribution in [3.05, 3.63) is 64.4 Å². The molecule has 0 aliphatic rings. The number of anilines is 1. The molecule has 0 atom stereocenters. The lowest BCUT2D eigenvalue weighted by Crippen LogP contribution is -2.36. The van der Waals surface area contributed by atoms with Crippen LogP contribution >= 0.6 is 11.6 Å². The summed E-state index contributed by atoms with van der Waals surface area (Å²) in [6.45, 7) is 3.39. The number of carbonyl (C=O) groups is 2. The summed E-state index contributed by atoms with van der Waals surface area (Å²) in [6, 6.07) is 11.0. The van der Waals surface area contributed by atoms with Crippen LogP contribution in [0.25, 0.3) is 0 Å². The van der Waals surface area contributed by atoms with E-state index >= 15 is 0 Å². The van der Waals surface area contributed by atoms with Gasteiger partial charge >= 0.3 is 0 Å². The highest BCUT2D eigenvalue weighted by molar-refractivity contribution is 6.31. The minimum absolute atomic E-state index is 0.0990. The zero-order chi connectivity index (χ0) is 17.7. The van der Waals surface area contributed by atoms with Gasteiger partial charge in [-0.1, -0.05) is 29.8 Å². The van der Waals surface area contributed by atoms with Gasteiger partial charge in [-0.3, -0.25) is 9.59 Å². The molecule has 6 heteroatoms. The highest BCUT2D eigenvalue weighted by Crippen LogP contribution is 2.20. The van der Waals surface area contributed by atoms with Gasteiger partial charge in [0.15, 0.2) is 0 Å². The summed E-state index contributed by atoms with van der Waals surface area (Å²) in [5, 5.41) is 3.27. The molecule has 4 nitrogen and oxygen atoms in total. The third kappa shape index (κ3) is 5.06. The Kier molecular flexibility index (Phi) is 5.93. The van der Waals surface area contributed by atoms with Crippen molar-refractivity contribution in [1.29, 1.82) is 0 Å². The fourth-order valence-corrected chi connectivity index (χ4v) is 2.31. The smallest absolute Gasteiger partial charge is 0.244 e. The van der Waals surface area contributed by atoms with E-state index in [0.717, 1.165) is 11.1 Å². The van der Waals surface area contributed by atoms with E-state index in [2.05, 4.69) is 5.32 Å². The number of hydrogen-bond acceptors (Lipinski definition) is 2. The molecule has 0 aliphatic carbocycles. The highest BCUT2D eigenvalue weighted by atomic mass is 35.5. The molecule has 0 bridgehead atoms. The Balaban J connectivity index is 2.01. The number of halogens is 2. The van der Waals surface area contributed by atoms with Gasteiger partial charge in [-0.25, -0.2) is 4.39 Å². The van der Waals surface area contributed by atoms with E-state index in [-0.39, 0.29) is 30.7 Å². The van der Waals surface area contributed by atoms with Gasteiger partial charge in [0.1, 0.15) is 12.4 Å². The van der Waals surface area contributed by atoms with Crippen LogP contribution in [0, 0.1) is 12.7 Å². The molecule has 0 aliphatic heterocycles. The maximum Gasteiger partial charge on any atom is 0.244 e. The van der Waals surface area contributed by atoms with Crippen molar-refractivity contribution in [1.82, 2.24) is 4.90 Å². The molecule has 0 radical (unpaired) electrons. The van der Waals surface area contributed by atoms with Crippen LogP contribution in [0.3, 0.4) is 0 Å². The van der Waals surface area contributed by atoms with Crippen LogP contribution in [0.4, 0.5) is 10.1 Å². The van der Waals surface area contributed by atoms with Gasteiger partial charge < -0.3 is 10.2 Å². The predicted octanol–water partition coefficient (Wildman–Crippen LogP) is 3.77. The van der Waals surface area contributed by atoms with Crippen LogP contribution in [0.5, 0.6) is 0 Å². The van der Waals surface area contributed by atoms with Gasteiger partial charge in [0.25, 0.3) is 0 Å². The minimum Gasteiger partial charge on any atom is -0.329 e. The molecule has 0 saturated carbocycles. The monoisotopic (exact) mass is 348 g/mol. The van der Waals surface area contributed by atoms with Crippen molar-refractivity contribution in [2.75, 3.05) is 11.9 Å². The minimum atomic E-state index is -0.345. The van der Waals surface area contributed by atoms with Gasteiger partial charge in [-0.05, 0) is 42.3 Å². The standard InChI is InChI=1S/C18H18ClFN2O2/c1-12-3-8-16(9-17(12)19)21-18(24)11-22(13(2)23)10-14-4-6-15(20)7-5-14/h3-9H,10-11H2,1-2H3,(H,21,24). The molecule has 0 heterocycles. The molecule has 2 aromatic rings. The molecule has 0 unspecified atom stereocenters. The summed E-state index contributed by atoms with van der Waals surface area (Å²) in [4.78, 5) is 25.3. The Bertz CT molecular complexity index is 747. The second kappa shape index (κ2) is 7.93. The SMILES string of the molecule is CC(=O)N(CC(=O)Nc1ccc(C)c(Cl)c1)Cc1ccc(F)cc1. The third-order valence-corrected chi connectivity index (χ3v) is 3.93. The number of benzene rings is 2. The van der Waals surface area contributed by atoms with E-state index < -0.39 is 0 Å². The van der Waals surface area contributed by atoms with Crippen molar-refractivity contribution < 1.29 is 14.0 Å². The molecule has 0 fully saturated rings. The lowest BCUT2D eigenvalue weighted by molar-refractivity contribution is -0.133. The Morgan fingerprint density at radius 3 is 2.42 bits per heavy atom. The lowest BCUT2D eigenvalue weighted by atomic mass is 10.2. The van der Waals surface area contributed by atoms with Crippen LogP contribution in [-0.4, -0.2) is 23.3 Å². The van der Waals surface area contributed by atoms with Crippen LogP contribution in [0.15, 0.2) is 42.5 Å². The van der Waals surface area contributed by atoms with E-state index in [1.54, 1.807) is 30.3 Å². The predicted molar refractivity (Wildman–Crippen MR) is 92.3 cm³/mol. The van der Waals surface area contributed by atoms with Crippen LogP contribution in [0.1, 0.15) is 18.1 Å². The lowest BCUT2D eigenvalue weighted by Gasteiger charge is -2.20. The Morgan fingerprint density at radius 1 is 1.17 bits per heavy atom. The number of aryl methyl sites for hydroxylation is 1. The largest absolute Gasteiger partial charge is 0.329 e. The van der Waals surface area contributed by atoms with Crippen LogP contribution in [-0.2, 0) is 16.1 Å². The molecule has 0 spiro atoms. The van der Waals surface area contributed by atoms with Gasteiger partial charge in [0.2, 0.25) is 11.8 Å². The number of nitrogens with one attached hydrogen (secondary N) is 1. The van der Waals surface area contributed by atoms with Crippen molar-refractivity contribution in [3.63, 3.8) is 0 Å².